The van der Waals surface area contributed by atoms with Gasteiger partial charge < -0.3 is 18.6 Å². The van der Waals surface area contributed by atoms with Crippen molar-refractivity contribution in [2.45, 2.75) is 0 Å². The van der Waals surface area contributed by atoms with Crippen LogP contribution < -0.4 is 50.4 Å². The summed E-state index contributed by atoms with van der Waals surface area (Å²) in [5, 5.41) is 8.61. The van der Waals surface area contributed by atoms with Crippen LogP contribution in [0.4, 0.5) is 0 Å². The number of hydrogen-bond donors (Lipinski definition) is 1. The van der Waals surface area contributed by atoms with Crippen molar-refractivity contribution in [1.29, 1.82) is 0 Å². The van der Waals surface area contributed by atoms with Gasteiger partial charge in [0.25, 0.3) is 0 Å². The molecule has 0 aromatic heterocycles. The van der Waals surface area contributed by atoms with Crippen molar-refractivity contribution in [2.75, 3.05) is 0 Å². The van der Waals surface area contributed by atoms with E-state index in [0.29, 0.717) is 0 Å². The minimum atomic E-state index is -0.877. The van der Waals surface area contributed by atoms with Crippen molar-refractivity contribution in [3.63, 3.8) is 0 Å². The summed E-state index contributed by atoms with van der Waals surface area (Å²) in [7, 11) is -1.75. The third-order valence-corrected chi connectivity index (χ3v) is 11.8. The van der Waals surface area contributed by atoms with Crippen LogP contribution in [0, 0.1) is 0 Å². The molecule has 1 nitrogen and oxygen atoms in total. The smallest absolute Gasteiger partial charge is 0.102 e. The van der Waals surface area contributed by atoms with Gasteiger partial charge in [-0.1, -0.05) is 109 Å². The fourth-order valence-corrected chi connectivity index (χ4v) is 9.78. The molecule has 0 radical (unpaired) electrons. The van der Waals surface area contributed by atoms with E-state index in [1.54, 1.807) is 0 Å². The van der Waals surface area contributed by atoms with Crippen LogP contribution in [-0.2, 0) is 0 Å². The molecule has 6 aromatic carbocycles. The first kappa shape index (κ1) is 31.0. The lowest BCUT2D eigenvalue weighted by atomic mass is 10.4. The average Bonchev–Trinajstić information content (AvgIpc) is 3.01. The molecule has 0 saturated carbocycles. The van der Waals surface area contributed by atoms with E-state index in [2.05, 4.69) is 182 Å². The quantitative estimate of drug-likeness (QED) is 0.292. The number of hydrogen-bond acceptors (Lipinski definition) is 0. The van der Waals surface area contributed by atoms with E-state index in [1.807, 2.05) is 0 Å². The zero-order chi connectivity index (χ0) is 25.8. The van der Waals surface area contributed by atoms with Gasteiger partial charge in [-0.15, -0.1) is 0 Å². The van der Waals surface area contributed by atoms with Crippen LogP contribution in [0.3, 0.4) is 0 Å². The van der Waals surface area contributed by atoms with Crippen molar-refractivity contribution in [1.82, 2.24) is 6.15 Å². The van der Waals surface area contributed by atoms with Gasteiger partial charge in [0.05, 0.1) is 15.8 Å². The Bertz CT molecular complexity index is 1180. The molecule has 0 atom stereocenters. The summed E-state index contributed by atoms with van der Waals surface area (Å²) in [6.45, 7) is 0. The average molecular weight is 580 g/mol. The zero-order valence-corrected chi connectivity index (χ0v) is 25.5. The molecule has 4 heteroatoms. The van der Waals surface area contributed by atoms with Gasteiger partial charge in [-0.25, -0.2) is 0 Å². The van der Waals surface area contributed by atoms with Crippen molar-refractivity contribution in [3.05, 3.63) is 182 Å². The lowest BCUT2D eigenvalue weighted by molar-refractivity contribution is -0.00000759. The Morgan fingerprint density at radius 2 is 0.350 bits per heavy atom. The summed E-state index contributed by atoms with van der Waals surface area (Å²) in [5.41, 5.74) is 0. The Labute approximate surface area is 247 Å². The Kier molecular flexibility index (Phi) is 12.8. The van der Waals surface area contributed by atoms with Crippen molar-refractivity contribution in [2.24, 2.45) is 0 Å². The largest absolute Gasteiger partial charge is 1.00 e. The second-order valence-electron chi connectivity index (χ2n) is 8.95. The first-order valence-corrected chi connectivity index (χ1v) is 16.0. The SMILES string of the molecule is [Cl-].[NH4+].c1ccc([PH+](c2ccccc2)c2ccccc2)cc1.c1ccc([PH+](c2ccccc2)c2ccccc2)cc1. The highest BCUT2D eigenvalue weighted by molar-refractivity contribution is 7.80. The molecule has 0 spiro atoms. The topological polar surface area (TPSA) is 36.5 Å². The first-order valence-electron chi connectivity index (χ1n) is 13.0. The fraction of sp³-hybridized carbons (Fsp3) is 0. The van der Waals surface area contributed by atoms with Gasteiger partial charge in [0.1, 0.15) is 31.8 Å². The third-order valence-electron chi connectivity index (χ3n) is 6.37. The van der Waals surface area contributed by atoms with Gasteiger partial charge in [0.15, 0.2) is 0 Å². The van der Waals surface area contributed by atoms with E-state index < -0.39 is 15.8 Å². The summed E-state index contributed by atoms with van der Waals surface area (Å²) in [6, 6.07) is 65.0. The predicted molar refractivity (Wildman–Crippen MR) is 179 cm³/mol. The second kappa shape index (κ2) is 16.5. The maximum atomic E-state index is 2.24. The van der Waals surface area contributed by atoms with E-state index in [0.717, 1.165) is 0 Å². The Hall–Kier alpha value is -3.57. The molecule has 0 saturated heterocycles. The van der Waals surface area contributed by atoms with Gasteiger partial charge >= 0.3 is 0 Å². The highest BCUT2D eigenvalue weighted by atomic mass is 35.5. The molecule has 200 valence electrons. The Morgan fingerprint density at radius 3 is 0.475 bits per heavy atom. The summed E-state index contributed by atoms with van der Waals surface area (Å²) in [4.78, 5) is 0. The van der Waals surface area contributed by atoms with Crippen molar-refractivity contribution in [3.8, 4) is 0 Å². The van der Waals surface area contributed by atoms with Crippen molar-refractivity contribution >= 4 is 47.7 Å². The molecule has 0 unspecified atom stereocenters. The van der Waals surface area contributed by atoms with Crippen LogP contribution in [-0.4, -0.2) is 0 Å². The molecule has 0 aliphatic carbocycles. The van der Waals surface area contributed by atoms with Crippen molar-refractivity contribution < 1.29 is 12.4 Å². The van der Waals surface area contributed by atoms with Gasteiger partial charge in [-0.2, -0.15) is 0 Å². The molecule has 0 bridgehead atoms. The lowest BCUT2D eigenvalue weighted by Crippen LogP contribution is -3.00. The Morgan fingerprint density at radius 1 is 0.225 bits per heavy atom. The molecule has 40 heavy (non-hydrogen) atoms. The summed E-state index contributed by atoms with van der Waals surface area (Å²) in [5.74, 6) is 0. The maximum Gasteiger partial charge on any atom is 0.102 e. The summed E-state index contributed by atoms with van der Waals surface area (Å²) < 4.78 is 0. The van der Waals surface area contributed by atoms with Crippen LogP contribution in [0.15, 0.2) is 182 Å². The van der Waals surface area contributed by atoms with Crippen LogP contribution in [0.25, 0.3) is 0 Å². The fourth-order valence-electron chi connectivity index (χ4n) is 4.63. The number of benzene rings is 6. The molecule has 0 aliphatic rings. The molecule has 0 amide bonds. The monoisotopic (exact) mass is 579 g/mol. The highest BCUT2D eigenvalue weighted by Crippen LogP contribution is 2.33. The van der Waals surface area contributed by atoms with Crippen LogP contribution >= 0.6 is 15.8 Å². The lowest BCUT2D eigenvalue weighted by Gasteiger charge is -2.10. The number of halogens is 1. The predicted octanol–water partition coefficient (Wildman–Crippen LogP) is 3.73. The molecule has 0 aliphatic heterocycles. The van der Waals surface area contributed by atoms with E-state index in [4.69, 9.17) is 0 Å². The molecular weight excluding hydrogens is 544 g/mol. The second-order valence-corrected chi connectivity index (χ2v) is 13.9. The van der Waals surface area contributed by atoms with Gasteiger partial charge in [-0.05, 0) is 72.8 Å². The number of rotatable bonds is 6. The summed E-state index contributed by atoms with van der Waals surface area (Å²) >= 11 is 0. The van der Waals surface area contributed by atoms with E-state index in [1.165, 1.54) is 31.8 Å². The zero-order valence-electron chi connectivity index (χ0n) is 22.7. The first-order chi connectivity index (χ1) is 18.9. The van der Waals surface area contributed by atoms with Gasteiger partial charge in [0, 0.05) is 0 Å². The molecule has 6 rings (SSSR count). The van der Waals surface area contributed by atoms with Crippen LogP contribution in [0.2, 0.25) is 0 Å². The maximum absolute atomic E-state index is 2.24. The highest BCUT2D eigenvalue weighted by Gasteiger charge is 2.25. The Balaban J connectivity index is 0.000000210. The van der Waals surface area contributed by atoms with E-state index in [9.17, 15) is 0 Å². The molecule has 0 heterocycles. The molecule has 4 N–H and O–H groups in total. The molecule has 6 aromatic rings. The van der Waals surface area contributed by atoms with Crippen LogP contribution in [0.1, 0.15) is 0 Å². The molecular formula is C36H36ClNP2+2. The minimum absolute atomic E-state index is 0. The minimum Gasteiger partial charge on any atom is -1.00 e. The number of quaternary nitrogens is 1. The van der Waals surface area contributed by atoms with Gasteiger partial charge in [0.2, 0.25) is 0 Å². The summed E-state index contributed by atoms with van der Waals surface area (Å²) in [6.07, 6.45) is 0. The molecule has 0 fully saturated rings. The van der Waals surface area contributed by atoms with Gasteiger partial charge in [-0.3, -0.25) is 0 Å². The van der Waals surface area contributed by atoms with E-state index in [-0.39, 0.29) is 18.6 Å². The standard InChI is InChI=1S/2C18H15P.ClH.H3N/c2*1-4-10-16(11-5-1)19(17-12-6-2-7-13-17)18-14-8-3-9-15-18;;/h2*1-15H;1H;1H3/p+2. The van der Waals surface area contributed by atoms with E-state index >= 15 is 0 Å². The normalized spacial score (nSPS) is 10.1. The van der Waals surface area contributed by atoms with Crippen LogP contribution in [0.5, 0.6) is 0 Å². The third kappa shape index (κ3) is 8.22.